The van der Waals surface area contributed by atoms with Crippen LogP contribution in [0.25, 0.3) is 82.8 Å². The van der Waals surface area contributed by atoms with Crippen molar-refractivity contribution in [2.24, 2.45) is 0 Å². The molecule has 0 spiro atoms. The Balaban J connectivity index is 1.17. The Morgan fingerprint density at radius 2 is 0.905 bits per heavy atom. The minimum Gasteiger partial charge on any atom is -0.310 e. The third-order valence-corrected chi connectivity index (χ3v) is 13.4. The number of anilines is 3. The summed E-state index contributed by atoms with van der Waals surface area (Å²) >= 11 is 0. The SMILES string of the molecule is CC1(C)c2ccccc2-c2c1ccc1c2c2c3ccccc3c(N(c3ccc(-c4ccccc4)cc3)c3cccc(-c4ccccc4)c3)cc2n1-c1ccc(-c2ccccc2)cc1. The van der Waals surface area contributed by atoms with Gasteiger partial charge in [0.15, 0.2) is 0 Å². The molecule has 0 saturated carbocycles. The van der Waals surface area contributed by atoms with Gasteiger partial charge in [-0.3, -0.25) is 0 Å². The van der Waals surface area contributed by atoms with E-state index in [4.69, 9.17) is 0 Å². The van der Waals surface area contributed by atoms with E-state index in [0.717, 1.165) is 22.7 Å². The van der Waals surface area contributed by atoms with Gasteiger partial charge in [-0.05, 0) is 110 Å². The highest BCUT2D eigenvalue weighted by molar-refractivity contribution is 6.28. The van der Waals surface area contributed by atoms with Gasteiger partial charge in [0.05, 0.1) is 16.7 Å². The highest BCUT2D eigenvalue weighted by Crippen LogP contribution is 2.55. The lowest BCUT2D eigenvalue weighted by molar-refractivity contribution is 0.661. The summed E-state index contributed by atoms with van der Waals surface area (Å²) < 4.78 is 2.51. The first kappa shape index (κ1) is 36.9. The summed E-state index contributed by atoms with van der Waals surface area (Å²) in [7, 11) is 0. The molecule has 0 amide bonds. The van der Waals surface area contributed by atoms with Gasteiger partial charge in [-0.25, -0.2) is 0 Å². The maximum Gasteiger partial charge on any atom is 0.0568 e. The monoisotopic (exact) mass is 804 g/mol. The smallest absolute Gasteiger partial charge is 0.0568 e. The predicted octanol–water partition coefficient (Wildman–Crippen LogP) is 16.7. The van der Waals surface area contributed by atoms with E-state index >= 15 is 0 Å². The molecule has 298 valence electrons. The van der Waals surface area contributed by atoms with Crippen molar-refractivity contribution in [1.29, 1.82) is 0 Å². The van der Waals surface area contributed by atoms with E-state index in [2.05, 4.69) is 254 Å². The standard InChI is InChI=1S/C61H44N2/c1-61(2)53-28-15-14-27-52(53)58-54(61)37-38-55-60(58)59-51-26-13-12-25-50(51)56(40-57(59)63(55)48-35-31-45(32-36-48)42-19-8-4-9-20-42)62(47-33-29-44(30-34-47)41-17-6-3-7-18-41)49-24-16-23-46(39-49)43-21-10-5-11-22-43/h3-40H,1-2H3. The maximum atomic E-state index is 2.51. The molecular formula is C61H44N2. The minimum atomic E-state index is -0.131. The lowest BCUT2D eigenvalue weighted by Gasteiger charge is -2.28. The van der Waals surface area contributed by atoms with Crippen molar-refractivity contribution in [2.45, 2.75) is 19.3 Å². The lowest BCUT2D eigenvalue weighted by Crippen LogP contribution is -2.14. The van der Waals surface area contributed by atoms with Gasteiger partial charge in [0.25, 0.3) is 0 Å². The average molecular weight is 805 g/mol. The number of nitrogens with zero attached hydrogens (tertiary/aromatic N) is 2. The largest absolute Gasteiger partial charge is 0.310 e. The number of benzene rings is 10. The Morgan fingerprint density at radius 3 is 1.57 bits per heavy atom. The molecule has 0 bridgehead atoms. The Labute approximate surface area is 368 Å². The summed E-state index contributed by atoms with van der Waals surface area (Å²) in [6.45, 7) is 4.76. The molecule has 10 aromatic carbocycles. The molecular weight excluding hydrogens is 761 g/mol. The molecule has 2 nitrogen and oxygen atoms in total. The van der Waals surface area contributed by atoms with E-state index in [9.17, 15) is 0 Å². The van der Waals surface area contributed by atoms with Gasteiger partial charge in [0.2, 0.25) is 0 Å². The third kappa shape index (κ3) is 5.94. The second-order valence-electron chi connectivity index (χ2n) is 17.3. The van der Waals surface area contributed by atoms with Crippen LogP contribution in [0.2, 0.25) is 0 Å². The molecule has 1 heterocycles. The molecule has 1 aliphatic rings. The van der Waals surface area contributed by atoms with Crippen LogP contribution < -0.4 is 4.90 Å². The van der Waals surface area contributed by atoms with Crippen molar-refractivity contribution in [3.8, 4) is 50.2 Å². The fourth-order valence-corrected chi connectivity index (χ4v) is 10.3. The van der Waals surface area contributed by atoms with Crippen LogP contribution in [0, 0.1) is 0 Å². The number of hydrogen-bond donors (Lipinski definition) is 0. The Kier molecular flexibility index (Phi) is 8.55. The molecule has 0 N–H and O–H groups in total. The molecule has 0 radical (unpaired) electrons. The molecule has 12 rings (SSSR count). The summed E-state index contributed by atoms with van der Waals surface area (Å²) in [6, 6.07) is 84.5. The van der Waals surface area contributed by atoms with E-state index in [0.29, 0.717) is 0 Å². The highest BCUT2D eigenvalue weighted by atomic mass is 15.1. The Bertz CT molecular complexity index is 3490. The zero-order valence-corrected chi connectivity index (χ0v) is 35.3. The van der Waals surface area contributed by atoms with E-state index < -0.39 is 0 Å². The Hall–Kier alpha value is -7.94. The van der Waals surface area contributed by atoms with Crippen LogP contribution >= 0.6 is 0 Å². The highest BCUT2D eigenvalue weighted by Gasteiger charge is 2.37. The summed E-state index contributed by atoms with van der Waals surface area (Å²) in [5.74, 6) is 0. The first-order valence-corrected chi connectivity index (χ1v) is 21.9. The molecule has 2 heteroatoms. The molecule has 1 aliphatic carbocycles. The molecule has 11 aromatic rings. The van der Waals surface area contributed by atoms with Crippen LogP contribution in [-0.2, 0) is 5.41 Å². The second-order valence-corrected chi connectivity index (χ2v) is 17.3. The number of rotatable bonds is 7. The van der Waals surface area contributed by atoms with Crippen molar-refractivity contribution < 1.29 is 0 Å². The molecule has 0 fully saturated rings. The van der Waals surface area contributed by atoms with Crippen molar-refractivity contribution in [1.82, 2.24) is 4.57 Å². The van der Waals surface area contributed by atoms with E-state index in [1.807, 2.05) is 0 Å². The topological polar surface area (TPSA) is 8.17 Å². The van der Waals surface area contributed by atoms with Crippen LogP contribution in [0.5, 0.6) is 0 Å². The zero-order valence-electron chi connectivity index (χ0n) is 35.3. The fourth-order valence-electron chi connectivity index (χ4n) is 10.3. The van der Waals surface area contributed by atoms with Crippen LogP contribution in [0.15, 0.2) is 231 Å². The van der Waals surface area contributed by atoms with Crippen LogP contribution in [0.1, 0.15) is 25.0 Å². The summed E-state index contributed by atoms with van der Waals surface area (Å²) in [5.41, 5.74) is 19.3. The van der Waals surface area contributed by atoms with Crippen molar-refractivity contribution >= 4 is 49.6 Å². The molecule has 0 saturated heterocycles. The van der Waals surface area contributed by atoms with Crippen molar-refractivity contribution in [3.63, 3.8) is 0 Å². The number of aromatic nitrogens is 1. The second kappa shape index (κ2) is 14.6. The van der Waals surface area contributed by atoms with Gasteiger partial charge < -0.3 is 9.47 Å². The van der Waals surface area contributed by atoms with Crippen LogP contribution in [0.3, 0.4) is 0 Å². The minimum absolute atomic E-state index is 0.131. The van der Waals surface area contributed by atoms with Gasteiger partial charge in [-0.15, -0.1) is 0 Å². The summed E-state index contributed by atoms with van der Waals surface area (Å²) in [5, 5.41) is 5.01. The van der Waals surface area contributed by atoms with Gasteiger partial charge >= 0.3 is 0 Å². The molecule has 0 atom stereocenters. The molecule has 0 aliphatic heterocycles. The maximum absolute atomic E-state index is 2.51. The molecule has 63 heavy (non-hydrogen) atoms. The van der Waals surface area contributed by atoms with E-state index in [1.54, 1.807) is 0 Å². The quantitative estimate of drug-likeness (QED) is 0.156. The zero-order chi connectivity index (χ0) is 42.1. The van der Waals surface area contributed by atoms with Crippen molar-refractivity contribution in [2.75, 3.05) is 4.90 Å². The van der Waals surface area contributed by atoms with Gasteiger partial charge in [0.1, 0.15) is 0 Å². The van der Waals surface area contributed by atoms with Crippen LogP contribution in [0.4, 0.5) is 17.1 Å². The van der Waals surface area contributed by atoms with E-state index in [1.165, 1.54) is 88.2 Å². The van der Waals surface area contributed by atoms with Crippen molar-refractivity contribution in [3.05, 3.63) is 242 Å². The Morgan fingerprint density at radius 1 is 0.365 bits per heavy atom. The lowest BCUT2D eigenvalue weighted by atomic mass is 9.82. The molecule has 0 unspecified atom stereocenters. The first-order chi connectivity index (χ1) is 31.0. The van der Waals surface area contributed by atoms with Crippen LogP contribution in [-0.4, -0.2) is 4.57 Å². The number of fused-ring (bicyclic) bond motifs is 9. The first-order valence-electron chi connectivity index (χ1n) is 21.9. The fraction of sp³-hybridized carbons (Fsp3) is 0.0492. The predicted molar refractivity (Wildman–Crippen MR) is 267 cm³/mol. The van der Waals surface area contributed by atoms with Gasteiger partial charge in [-0.2, -0.15) is 0 Å². The third-order valence-electron chi connectivity index (χ3n) is 13.4. The average Bonchev–Trinajstić information content (AvgIpc) is 3.81. The van der Waals surface area contributed by atoms with Gasteiger partial charge in [-0.1, -0.05) is 196 Å². The van der Waals surface area contributed by atoms with Gasteiger partial charge in [0, 0.05) is 38.6 Å². The summed E-state index contributed by atoms with van der Waals surface area (Å²) in [4.78, 5) is 2.46. The summed E-state index contributed by atoms with van der Waals surface area (Å²) in [6.07, 6.45) is 0. The molecule has 1 aromatic heterocycles. The normalized spacial score (nSPS) is 12.7. The number of hydrogen-bond acceptors (Lipinski definition) is 1. The van der Waals surface area contributed by atoms with E-state index in [-0.39, 0.29) is 5.41 Å².